The summed E-state index contributed by atoms with van der Waals surface area (Å²) in [6.07, 6.45) is 0.964. The highest BCUT2D eigenvalue weighted by molar-refractivity contribution is 5.77. The van der Waals surface area contributed by atoms with Gasteiger partial charge in [-0.1, -0.05) is 6.92 Å². The summed E-state index contributed by atoms with van der Waals surface area (Å²) >= 11 is 0. The Labute approximate surface area is 99.1 Å². The third kappa shape index (κ3) is 2.55. The number of hydrogen-bond donors (Lipinski definition) is 2. The number of imidazole rings is 1. The molecule has 1 heterocycles. The Balaban J connectivity index is 2.33. The molecule has 0 amide bonds. The maximum Gasteiger partial charge on any atom is 0.203 e. The molecule has 92 valence electrons. The van der Waals surface area contributed by atoms with Crippen LogP contribution in [0.5, 0.6) is 0 Å². The van der Waals surface area contributed by atoms with Crippen LogP contribution in [0.2, 0.25) is 0 Å². The largest absolute Gasteiger partial charge is 0.395 e. The second-order valence-electron chi connectivity index (χ2n) is 3.93. The van der Waals surface area contributed by atoms with Crippen LogP contribution in [0.1, 0.15) is 13.3 Å². The Hall–Kier alpha value is -1.62. The molecular weight excluding hydrogens is 221 g/mol. The van der Waals surface area contributed by atoms with Crippen molar-refractivity contribution in [1.29, 1.82) is 0 Å². The van der Waals surface area contributed by atoms with Crippen LogP contribution in [0, 0.1) is 5.82 Å². The van der Waals surface area contributed by atoms with E-state index in [1.165, 1.54) is 12.1 Å². The quantitative estimate of drug-likeness (QED) is 0.835. The zero-order valence-electron chi connectivity index (χ0n) is 9.78. The third-order valence-corrected chi connectivity index (χ3v) is 2.59. The van der Waals surface area contributed by atoms with Crippen LogP contribution in [0.4, 0.5) is 10.3 Å². The van der Waals surface area contributed by atoms with Gasteiger partial charge in [-0.05, 0) is 24.6 Å². The predicted molar refractivity (Wildman–Crippen MR) is 65.6 cm³/mol. The second-order valence-corrected chi connectivity index (χ2v) is 3.93. The van der Waals surface area contributed by atoms with E-state index in [9.17, 15) is 4.39 Å². The molecule has 2 rings (SSSR count). The predicted octanol–water partition coefficient (Wildman–Crippen LogP) is 1.91. The number of nitrogens with zero attached hydrogens (tertiary/aromatic N) is 2. The maximum atomic E-state index is 13.0. The first-order valence-corrected chi connectivity index (χ1v) is 5.75. The first-order valence-electron chi connectivity index (χ1n) is 5.75. The molecular formula is C12H16FN3O. The molecule has 2 N–H and O–H groups in total. The Morgan fingerprint density at radius 1 is 1.41 bits per heavy atom. The van der Waals surface area contributed by atoms with Gasteiger partial charge >= 0.3 is 0 Å². The highest BCUT2D eigenvalue weighted by Crippen LogP contribution is 2.18. The number of H-pyrrole nitrogens is 1. The summed E-state index contributed by atoms with van der Waals surface area (Å²) in [5.74, 6) is 0.401. The van der Waals surface area contributed by atoms with E-state index in [0.29, 0.717) is 18.0 Å². The summed E-state index contributed by atoms with van der Waals surface area (Å²) in [5, 5.41) is 9.00. The minimum absolute atomic E-state index is 0.0748. The number of nitrogens with one attached hydrogen (secondary N) is 1. The van der Waals surface area contributed by atoms with Crippen molar-refractivity contribution in [3.63, 3.8) is 0 Å². The van der Waals surface area contributed by atoms with Crippen LogP contribution in [-0.4, -0.2) is 34.8 Å². The van der Waals surface area contributed by atoms with Gasteiger partial charge in [-0.15, -0.1) is 0 Å². The lowest BCUT2D eigenvalue weighted by molar-refractivity contribution is 0.301. The molecule has 0 saturated carbocycles. The lowest BCUT2D eigenvalue weighted by atomic mass is 10.3. The Kier molecular flexibility index (Phi) is 3.58. The molecule has 0 bridgehead atoms. The molecule has 0 unspecified atom stereocenters. The molecule has 17 heavy (non-hydrogen) atoms. The number of anilines is 1. The van der Waals surface area contributed by atoms with Gasteiger partial charge in [-0.3, -0.25) is 0 Å². The number of benzene rings is 1. The SMILES string of the molecule is CCCN(CCO)c1nc2ccc(F)cc2[nH]1. The molecule has 5 heteroatoms. The fourth-order valence-electron chi connectivity index (χ4n) is 1.83. The minimum Gasteiger partial charge on any atom is -0.395 e. The summed E-state index contributed by atoms with van der Waals surface area (Å²) in [5.41, 5.74) is 1.42. The van der Waals surface area contributed by atoms with E-state index in [0.717, 1.165) is 18.5 Å². The van der Waals surface area contributed by atoms with Crippen LogP contribution in [-0.2, 0) is 0 Å². The van der Waals surface area contributed by atoms with Crippen molar-refractivity contribution in [2.45, 2.75) is 13.3 Å². The molecule has 0 spiro atoms. The van der Waals surface area contributed by atoms with Crippen LogP contribution in [0.3, 0.4) is 0 Å². The van der Waals surface area contributed by atoms with Crippen LogP contribution >= 0.6 is 0 Å². The van der Waals surface area contributed by atoms with Crippen LogP contribution < -0.4 is 4.90 Å². The molecule has 0 aliphatic rings. The van der Waals surface area contributed by atoms with Crippen LogP contribution in [0.15, 0.2) is 18.2 Å². The fraction of sp³-hybridized carbons (Fsp3) is 0.417. The topological polar surface area (TPSA) is 52.1 Å². The lowest BCUT2D eigenvalue weighted by Gasteiger charge is -2.19. The number of rotatable bonds is 5. The summed E-state index contributed by atoms with van der Waals surface area (Å²) in [6, 6.07) is 4.46. The normalized spacial score (nSPS) is 11.0. The average molecular weight is 237 g/mol. The van der Waals surface area contributed by atoms with Gasteiger partial charge in [-0.25, -0.2) is 9.37 Å². The first-order chi connectivity index (χ1) is 8.24. The zero-order valence-corrected chi connectivity index (χ0v) is 9.78. The maximum absolute atomic E-state index is 13.0. The molecule has 0 aliphatic heterocycles. The molecule has 0 aliphatic carbocycles. The molecule has 1 aromatic carbocycles. The van der Waals surface area contributed by atoms with Gasteiger partial charge in [0.1, 0.15) is 5.82 Å². The smallest absolute Gasteiger partial charge is 0.203 e. The number of fused-ring (bicyclic) bond motifs is 1. The van der Waals surface area contributed by atoms with Crippen molar-refractivity contribution in [2.24, 2.45) is 0 Å². The zero-order chi connectivity index (χ0) is 12.3. The van der Waals surface area contributed by atoms with Gasteiger partial charge in [0.25, 0.3) is 0 Å². The van der Waals surface area contributed by atoms with Gasteiger partial charge in [-0.2, -0.15) is 0 Å². The highest BCUT2D eigenvalue weighted by atomic mass is 19.1. The molecule has 0 radical (unpaired) electrons. The molecule has 0 fully saturated rings. The summed E-state index contributed by atoms with van der Waals surface area (Å²) in [4.78, 5) is 9.41. The van der Waals surface area contributed by atoms with Gasteiger partial charge in [0, 0.05) is 13.1 Å². The van der Waals surface area contributed by atoms with Crippen molar-refractivity contribution < 1.29 is 9.50 Å². The van der Waals surface area contributed by atoms with Crippen LogP contribution in [0.25, 0.3) is 11.0 Å². The molecule has 1 aromatic heterocycles. The number of aliphatic hydroxyl groups is 1. The number of hydrogen-bond acceptors (Lipinski definition) is 3. The molecule has 0 atom stereocenters. The monoisotopic (exact) mass is 237 g/mol. The van der Waals surface area contributed by atoms with E-state index in [2.05, 4.69) is 16.9 Å². The van der Waals surface area contributed by atoms with Gasteiger partial charge in [0.2, 0.25) is 5.95 Å². The van der Waals surface area contributed by atoms with Crippen molar-refractivity contribution in [3.8, 4) is 0 Å². The summed E-state index contributed by atoms with van der Waals surface area (Å²) < 4.78 is 13.0. The summed E-state index contributed by atoms with van der Waals surface area (Å²) in [6.45, 7) is 3.47. The number of aromatic amines is 1. The number of aromatic nitrogens is 2. The van der Waals surface area contributed by atoms with Crippen molar-refractivity contribution in [1.82, 2.24) is 9.97 Å². The van der Waals surface area contributed by atoms with Crippen molar-refractivity contribution >= 4 is 17.0 Å². The van der Waals surface area contributed by atoms with E-state index in [4.69, 9.17) is 5.11 Å². The van der Waals surface area contributed by atoms with Gasteiger partial charge in [0.05, 0.1) is 17.6 Å². The number of aliphatic hydroxyl groups excluding tert-OH is 1. The molecule has 2 aromatic rings. The Bertz CT molecular complexity index is 491. The van der Waals surface area contributed by atoms with E-state index >= 15 is 0 Å². The van der Waals surface area contributed by atoms with E-state index < -0.39 is 0 Å². The second kappa shape index (κ2) is 5.14. The third-order valence-electron chi connectivity index (χ3n) is 2.59. The number of halogens is 1. The Morgan fingerprint density at radius 2 is 2.24 bits per heavy atom. The summed E-state index contributed by atoms with van der Waals surface area (Å²) in [7, 11) is 0. The van der Waals surface area contributed by atoms with E-state index in [-0.39, 0.29) is 12.4 Å². The standard InChI is InChI=1S/C12H16FN3O/c1-2-5-16(6-7-17)12-14-10-4-3-9(13)8-11(10)15-12/h3-4,8,17H,2,5-7H2,1H3,(H,14,15). The van der Waals surface area contributed by atoms with Crippen molar-refractivity contribution in [2.75, 3.05) is 24.6 Å². The minimum atomic E-state index is -0.281. The van der Waals surface area contributed by atoms with Gasteiger partial charge < -0.3 is 15.0 Å². The molecule has 0 saturated heterocycles. The lowest BCUT2D eigenvalue weighted by Crippen LogP contribution is -2.28. The fourth-order valence-corrected chi connectivity index (χ4v) is 1.83. The molecule has 4 nitrogen and oxygen atoms in total. The first kappa shape index (κ1) is 11.9. The van der Waals surface area contributed by atoms with Crippen molar-refractivity contribution in [3.05, 3.63) is 24.0 Å². The Morgan fingerprint density at radius 3 is 2.94 bits per heavy atom. The van der Waals surface area contributed by atoms with E-state index in [1.54, 1.807) is 6.07 Å². The highest BCUT2D eigenvalue weighted by Gasteiger charge is 2.10. The van der Waals surface area contributed by atoms with E-state index in [1.807, 2.05) is 4.90 Å². The average Bonchev–Trinajstić information content (AvgIpc) is 2.71. The van der Waals surface area contributed by atoms with Gasteiger partial charge in [0.15, 0.2) is 0 Å².